The zero-order valence-corrected chi connectivity index (χ0v) is 11.4. The third-order valence-electron chi connectivity index (χ3n) is 3.29. The van der Waals surface area contributed by atoms with Crippen LogP contribution < -0.4 is 4.90 Å². The van der Waals surface area contributed by atoms with Crippen LogP contribution in [-0.2, 0) is 4.74 Å². The molecule has 1 aliphatic rings. The highest BCUT2D eigenvalue weighted by Crippen LogP contribution is 2.28. The summed E-state index contributed by atoms with van der Waals surface area (Å²) in [5.74, 6) is -1.23. The molecule has 1 saturated heterocycles. The Labute approximate surface area is 120 Å². The van der Waals surface area contributed by atoms with Crippen molar-refractivity contribution in [2.75, 3.05) is 24.6 Å². The molecule has 0 aliphatic carbocycles. The van der Waals surface area contributed by atoms with Gasteiger partial charge in [0, 0.05) is 25.2 Å². The lowest BCUT2D eigenvalue weighted by molar-refractivity contribution is -0.384. The van der Waals surface area contributed by atoms with Gasteiger partial charge in [0.25, 0.3) is 5.69 Å². The van der Waals surface area contributed by atoms with E-state index in [2.05, 4.69) is 0 Å². The average molecular weight is 296 g/mol. The lowest BCUT2D eigenvalue weighted by Crippen LogP contribution is -2.48. The highest BCUT2D eigenvalue weighted by molar-refractivity contribution is 5.95. The number of nitrogens with zero attached hydrogens (tertiary/aromatic N) is 2. The van der Waals surface area contributed by atoms with Crippen LogP contribution in [0.4, 0.5) is 11.4 Å². The van der Waals surface area contributed by atoms with Crippen molar-refractivity contribution < 1.29 is 24.7 Å². The summed E-state index contributed by atoms with van der Waals surface area (Å²) in [4.78, 5) is 23.2. The monoisotopic (exact) mass is 296 g/mol. The van der Waals surface area contributed by atoms with E-state index in [1.165, 1.54) is 12.1 Å². The summed E-state index contributed by atoms with van der Waals surface area (Å²) < 4.78 is 5.50. The molecular formula is C13H16N2O6. The summed E-state index contributed by atoms with van der Waals surface area (Å²) in [6, 6.07) is 3.75. The van der Waals surface area contributed by atoms with E-state index in [9.17, 15) is 25.1 Å². The summed E-state index contributed by atoms with van der Waals surface area (Å²) in [6.07, 6.45) is -0.585. The number of hydrogen-bond acceptors (Lipinski definition) is 6. The molecule has 0 bridgehead atoms. The molecule has 0 amide bonds. The van der Waals surface area contributed by atoms with Gasteiger partial charge in [-0.05, 0) is 13.0 Å². The largest absolute Gasteiger partial charge is 0.478 e. The lowest BCUT2D eigenvalue weighted by Gasteiger charge is -2.38. The lowest BCUT2D eigenvalue weighted by atomic mass is 10.1. The Bertz CT molecular complexity index is 562. The van der Waals surface area contributed by atoms with Gasteiger partial charge in [-0.1, -0.05) is 0 Å². The fraction of sp³-hybridized carbons (Fsp3) is 0.462. The minimum Gasteiger partial charge on any atom is -0.478 e. The molecule has 0 saturated carbocycles. The number of nitro groups is 1. The molecule has 1 heterocycles. The maximum absolute atomic E-state index is 11.3. The van der Waals surface area contributed by atoms with Gasteiger partial charge in [0.05, 0.1) is 35.0 Å². The first kappa shape index (κ1) is 15.2. The molecule has 114 valence electrons. The van der Waals surface area contributed by atoms with Crippen molar-refractivity contribution in [3.05, 3.63) is 33.9 Å². The molecule has 1 fully saturated rings. The zero-order valence-electron chi connectivity index (χ0n) is 11.4. The SMILES string of the molecule is CC1CN(c2ccc([N+](=O)[O-])cc2C(=O)O)CC(CO)O1. The van der Waals surface area contributed by atoms with Gasteiger partial charge in [0.15, 0.2) is 0 Å². The predicted molar refractivity (Wildman–Crippen MR) is 73.7 cm³/mol. The van der Waals surface area contributed by atoms with Crippen molar-refractivity contribution in [3.8, 4) is 0 Å². The fourth-order valence-electron chi connectivity index (χ4n) is 2.43. The second-order valence-corrected chi connectivity index (χ2v) is 4.92. The summed E-state index contributed by atoms with van der Waals surface area (Å²) in [6.45, 7) is 2.43. The molecule has 0 radical (unpaired) electrons. The molecule has 8 nitrogen and oxygen atoms in total. The van der Waals surface area contributed by atoms with E-state index in [-0.39, 0.29) is 24.0 Å². The number of nitro benzene ring substituents is 1. The fourth-order valence-corrected chi connectivity index (χ4v) is 2.43. The minimum absolute atomic E-state index is 0.130. The Kier molecular flexibility index (Phi) is 4.39. The molecule has 0 aromatic heterocycles. The van der Waals surface area contributed by atoms with Gasteiger partial charge >= 0.3 is 5.97 Å². The smallest absolute Gasteiger partial charge is 0.338 e. The Morgan fingerprint density at radius 1 is 1.52 bits per heavy atom. The van der Waals surface area contributed by atoms with E-state index in [0.29, 0.717) is 18.8 Å². The van der Waals surface area contributed by atoms with E-state index in [1.54, 1.807) is 4.90 Å². The minimum atomic E-state index is -1.23. The van der Waals surface area contributed by atoms with Crippen LogP contribution in [0.5, 0.6) is 0 Å². The Hall–Kier alpha value is -2.19. The molecule has 2 unspecified atom stereocenters. The summed E-state index contributed by atoms with van der Waals surface area (Å²) in [5, 5.41) is 29.2. The third-order valence-corrected chi connectivity index (χ3v) is 3.29. The number of aliphatic hydroxyl groups is 1. The van der Waals surface area contributed by atoms with Crippen LogP contribution in [0.1, 0.15) is 17.3 Å². The second-order valence-electron chi connectivity index (χ2n) is 4.92. The first-order chi connectivity index (χ1) is 9.92. The van der Waals surface area contributed by atoms with Gasteiger partial charge in [-0.2, -0.15) is 0 Å². The van der Waals surface area contributed by atoms with Crippen molar-refractivity contribution >= 4 is 17.3 Å². The van der Waals surface area contributed by atoms with Crippen molar-refractivity contribution in [1.82, 2.24) is 0 Å². The first-order valence-corrected chi connectivity index (χ1v) is 6.45. The number of carboxylic acid groups (broad SMARTS) is 1. The second kappa shape index (κ2) is 6.06. The number of non-ortho nitro benzene ring substituents is 1. The van der Waals surface area contributed by atoms with Gasteiger partial charge in [-0.3, -0.25) is 10.1 Å². The molecular weight excluding hydrogens is 280 g/mol. The molecule has 2 rings (SSSR count). The van der Waals surface area contributed by atoms with E-state index < -0.39 is 17.0 Å². The Morgan fingerprint density at radius 2 is 2.24 bits per heavy atom. The van der Waals surface area contributed by atoms with Crippen LogP contribution >= 0.6 is 0 Å². The summed E-state index contributed by atoms with van der Waals surface area (Å²) >= 11 is 0. The first-order valence-electron chi connectivity index (χ1n) is 6.45. The normalized spacial score (nSPS) is 22.1. The number of aromatic carboxylic acids is 1. The third kappa shape index (κ3) is 3.29. The summed E-state index contributed by atoms with van der Waals surface area (Å²) in [5.41, 5.74) is -0.00661. The molecule has 1 aliphatic heterocycles. The maximum atomic E-state index is 11.3. The van der Waals surface area contributed by atoms with Crippen molar-refractivity contribution in [2.45, 2.75) is 19.1 Å². The van der Waals surface area contributed by atoms with Crippen LogP contribution in [0.15, 0.2) is 18.2 Å². The number of carboxylic acids is 1. The molecule has 2 N–H and O–H groups in total. The zero-order chi connectivity index (χ0) is 15.6. The number of anilines is 1. The van der Waals surface area contributed by atoms with Crippen LogP contribution in [0.2, 0.25) is 0 Å². The van der Waals surface area contributed by atoms with Crippen molar-refractivity contribution in [3.63, 3.8) is 0 Å². The van der Waals surface area contributed by atoms with E-state index in [1.807, 2.05) is 6.92 Å². The van der Waals surface area contributed by atoms with Crippen LogP contribution in [0.3, 0.4) is 0 Å². The quantitative estimate of drug-likeness (QED) is 0.626. The predicted octanol–water partition coefficient (Wildman–Crippen LogP) is 0.879. The van der Waals surface area contributed by atoms with Crippen molar-refractivity contribution in [1.29, 1.82) is 0 Å². The van der Waals surface area contributed by atoms with Crippen molar-refractivity contribution in [2.24, 2.45) is 0 Å². The van der Waals surface area contributed by atoms with Gasteiger partial charge < -0.3 is 19.8 Å². The van der Waals surface area contributed by atoms with Gasteiger partial charge in [0.1, 0.15) is 0 Å². The van der Waals surface area contributed by atoms with Crippen LogP contribution in [0.25, 0.3) is 0 Å². The highest BCUT2D eigenvalue weighted by Gasteiger charge is 2.28. The van der Waals surface area contributed by atoms with Crippen LogP contribution in [-0.4, -0.2) is 53.0 Å². The van der Waals surface area contributed by atoms with Gasteiger partial charge in [-0.15, -0.1) is 0 Å². The molecule has 8 heteroatoms. The van der Waals surface area contributed by atoms with E-state index in [4.69, 9.17) is 4.74 Å². The van der Waals surface area contributed by atoms with E-state index >= 15 is 0 Å². The number of morpholine rings is 1. The van der Waals surface area contributed by atoms with Crippen LogP contribution in [0, 0.1) is 10.1 Å². The number of aliphatic hydroxyl groups excluding tert-OH is 1. The van der Waals surface area contributed by atoms with Gasteiger partial charge in [0.2, 0.25) is 0 Å². The molecule has 1 aromatic carbocycles. The van der Waals surface area contributed by atoms with Gasteiger partial charge in [-0.25, -0.2) is 4.79 Å². The molecule has 1 aromatic rings. The standard InChI is InChI=1S/C13H16N2O6/c1-8-5-14(6-10(7-16)21-8)12-3-2-9(15(19)20)4-11(12)13(17)18/h2-4,8,10,16H,5-7H2,1H3,(H,17,18). The number of hydrogen-bond donors (Lipinski definition) is 2. The molecule has 0 spiro atoms. The highest BCUT2D eigenvalue weighted by atomic mass is 16.6. The number of carbonyl (C=O) groups is 1. The molecule has 21 heavy (non-hydrogen) atoms. The number of ether oxygens (including phenoxy) is 1. The number of rotatable bonds is 4. The number of benzene rings is 1. The Morgan fingerprint density at radius 3 is 2.81 bits per heavy atom. The van der Waals surface area contributed by atoms with E-state index in [0.717, 1.165) is 6.07 Å². The average Bonchev–Trinajstić information content (AvgIpc) is 2.45. The summed E-state index contributed by atoms with van der Waals surface area (Å²) in [7, 11) is 0. The molecule has 2 atom stereocenters. The Balaban J connectivity index is 2.38. The topological polar surface area (TPSA) is 113 Å². The maximum Gasteiger partial charge on any atom is 0.338 e.